The lowest BCUT2D eigenvalue weighted by Crippen LogP contribution is -2.70. The van der Waals surface area contributed by atoms with Gasteiger partial charge in [0.05, 0.1) is 6.42 Å². The van der Waals surface area contributed by atoms with Crippen molar-refractivity contribution in [3.05, 3.63) is 52.6 Å². The molecule has 5 N–H and O–H groups in total. The first-order chi connectivity index (χ1) is 17.1. The smallest absolute Gasteiger partial charge is 0.352 e. The molecule has 1 aromatic heterocycles. The lowest BCUT2D eigenvalue weighted by molar-refractivity contribution is -0.150. The quantitative estimate of drug-likeness (QED) is 0.173. The summed E-state index contributed by atoms with van der Waals surface area (Å²) in [5, 5.41) is 19.1. The maximum absolute atomic E-state index is 12.8. The third-order valence-electron chi connectivity index (χ3n) is 5.38. The third-order valence-corrected chi connectivity index (χ3v) is 8.24. The Morgan fingerprint density at radius 2 is 2.00 bits per heavy atom. The molecule has 4 rings (SSSR count). The maximum atomic E-state index is 12.8. The summed E-state index contributed by atoms with van der Waals surface area (Å²) in [6.45, 7) is 0.275. The van der Waals surface area contributed by atoms with Gasteiger partial charge in [-0.05, 0) is 16.7 Å². The fourth-order valence-electron chi connectivity index (χ4n) is 3.78. The minimum atomic E-state index is -4.34. The van der Waals surface area contributed by atoms with Crippen LogP contribution in [0.2, 0.25) is 0 Å². The van der Waals surface area contributed by atoms with Crippen LogP contribution in [0.1, 0.15) is 17.0 Å². The summed E-state index contributed by atoms with van der Waals surface area (Å²) in [6.07, 6.45) is 0.0435. The standard InChI is InChI=1S/C20H21N5O8S3/c21-6-11-4-2-1-3-10(11)5-13(26)22-15-17(27)25-16(19(28)29)12(7-34-18(15)25)8-35-20-24-23-14(33-20)9-36(30,31)32/h1-4,15,18H,5-9,21H2,(H,22,26)(H,28,29)(H,30,31,32)/t15?,18-/m0/s1. The van der Waals surface area contributed by atoms with Gasteiger partial charge in [0, 0.05) is 18.1 Å². The lowest BCUT2D eigenvalue weighted by atomic mass is 10.0. The number of nitrogens with two attached hydrogens (primary N) is 1. The van der Waals surface area contributed by atoms with Crippen molar-refractivity contribution in [2.45, 2.75) is 35.4 Å². The van der Waals surface area contributed by atoms with Crippen LogP contribution >= 0.6 is 23.5 Å². The number of nitrogens with one attached hydrogen (secondary N) is 1. The molecule has 2 amide bonds. The molecule has 1 aromatic carbocycles. The van der Waals surface area contributed by atoms with Crippen LogP contribution in [0.3, 0.4) is 0 Å². The van der Waals surface area contributed by atoms with E-state index in [1.54, 1.807) is 12.1 Å². The Hall–Kier alpha value is -2.92. The number of hydrogen-bond donors (Lipinski definition) is 4. The Morgan fingerprint density at radius 1 is 1.28 bits per heavy atom. The van der Waals surface area contributed by atoms with Crippen LogP contribution in [0.5, 0.6) is 0 Å². The largest absolute Gasteiger partial charge is 0.477 e. The van der Waals surface area contributed by atoms with Crippen LogP contribution < -0.4 is 11.1 Å². The van der Waals surface area contributed by atoms with Gasteiger partial charge in [-0.1, -0.05) is 36.0 Å². The van der Waals surface area contributed by atoms with Gasteiger partial charge in [-0.3, -0.25) is 19.0 Å². The summed E-state index contributed by atoms with van der Waals surface area (Å²) < 4.78 is 35.9. The molecule has 16 heteroatoms. The van der Waals surface area contributed by atoms with Gasteiger partial charge in [0.1, 0.15) is 17.1 Å². The van der Waals surface area contributed by atoms with Crippen molar-refractivity contribution in [3.8, 4) is 0 Å². The summed E-state index contributed by atoms with van der Waals surface area (Å²) in [5.41, 5.74) is 7.55. The SMILES string of the molecule is NCc1ccccc1CC(=O)NC1C(=O)N2C(C(=O)O)=C(CSc3nnc(CS(=O)(=O)O)o3)CS[C@@H]12. The van der Waals surface area contributed by atoms with Crippen LogP contribution in [-0.2, 0) is 43.2 Å². The van der Waals surface area contributed by atoms with E-state index in [1.807, 2.05) is 12.1 Å². The normalized spacial score (nSPS) is 19.6. The summed E-state index contributed by atoms with van der Waals surface area (Å²) in [5.74, 6) is -2.97. The second-order valence-corrected chi connectivity index (χ2v) is 11.3. The number of fused-ring (bicyclic) bond motifs is 1. The van der Waals surface area contributed by atoms with Crippen molar-refractivity contribution in [2.24, 2.45) is 5.73 Å². The molecule has 0 aliphatic carbocycles. The molecule has 0 bridgehead atoms. The Kier molecular flexibility index (Phi) is 7.70. The van der Waals surface area contributed by atoms with E-state index < -0.39 is 39.2 Å². The number of carbonyl (C=O) groups excluding carboxylic acids is 2. The topological polar surface area (TPSA) is 206 Å². The van der Waals surface area contributed by atoms with Crippen LogP contribution in [0, 0.1) is 0 Å². The van der Waals surface area contributed by atoms with E-state index in [0.29, 0.717) is 5.57 Å². The Morgan fingerprint density at radius 3 is 2.67 bits per heavy atom. The molecule has 2 aliphatic heterocycles. The number of β-lactam (4-membered cyclic amide) rings is 1. The predicted molar refractivity (Wildman–Crippen MR) is 128 cm³/mol. The van der Waals surface area contributed by atoms with E-state index in [4.69, 9.17) is 14.7 Å². The summed E-state index contributed by atoms with van der Waals surface area (Å²) in [7, 11) is -4.34. The van der Waals surface area contributed by atoms with Crippen molar-refractivity contribution >= 4 is 51.4 Å². The van der Waals surface area contributed by atoms with E-state index in [1.165, 1.54) is 11.8 Å². The fourth-order valence-corrected chi connectivity index (χ4v) is 6.47. The van der Waals surface area contributed by atoms with Gasteiger partial charge in [0.2, 0.25) is 11.8 Å². The predicted octanol–water partition coefficient (Wildman–Crippen LogP) is -0.0105. The molecule has 36 heavy (non-hydrogen) atoms. The number of benzene rings is 1. The molecular weight excluding hydrogens is 534 g/mol. The van der Waals surface area contributed by atoms with Gasteiger partial charge in [-0.15, -0.1) is 22.0 Å². The average Bonchev–Trinajstić information content (AvgIpc) is 3.26. The number of nitrogens with zero attached hydrogens (tertiary/aromatic N) is 3. The molecule has 1 saturated heterocycles. The minimum Gasteiger partial charge on any atom is -0.477 e. The molecule has 2 atom stereocenters. The Balaban J connectivity index is 1.41. The van der Waals surface area contributed by atoms with Gasteiger partial charge in [-0.25, -0.2) is 4.79 Å². The van der Waals surface area contributed by atoms with E-state index in [9.17, 15) is 27.9 Å². The second-order valence-electron chi connectivity index (χ2n) is 7.84. The minimum absolute atomic E-state index is 0.0177. The number of aliphatic carboxylic acids is 1. The molecule has 1 unspecified atom stereocenters. The summed E-state index contributed by atoms with van der Waals surface area (Å²) in [4.78, 5) is 38.6. The van der Waals surface area contributed by atoms with Gasteiger partial charge in [0.25, 0.3) is 21.2 Å². The highest BCUT2D eigenvalue weighted by atomic mass is 32.2. The van der Waals surface area contributed by atoms with Crippen LogP contribution in [0.15, 0.2) is 45.2 Å². The van der Waals surface area contributed by atoms with Gasteiger partial charge >= 0.3 is 5.97 Å². The molecule has 2 aliphatic rings. The maximum Gasteiger partial charge on any atom is 0.352 e. The van der Waals surface area contributed by atoms with E-state index >= 15 is 0 Å². The zero-order chi connectivity index (χ0) is 26.0. The molecule has 3 heterocycles. The molecule has 1 fully saturated rings. The molecule has 0 spiro atoms. The zero-order valence-electron chi connectivity index (χ0n) is 18.5. The number of rotatable bonds is 10. The van der Waals surface area contributed by atoms with Gasteiger partial charge in [0.15, 0.2) is 5.75 Å². The highest BCUT2D eigenvalue weighted by Crippen LogP contribution is 2.41. The van der Waals surface area contributed by atoms with Crippen molar-refractivity contribution in [3.63, 3.8) is 0 Å². The van der Waals surface area contributed by atoms with E-state index in [0.717, 1.165) is 27.8 Å². The Labute approximate surface area is 213 Å². The van der Waals surface area contributed by atoms with Crippen LogP contribution in [-0.4, -0.2) is 73.9 Å². The molecular formula is C20H21N5O8S3. The summed E-state index contributed by atoms with van der Waals surface area (Å²) >= 11 is 2.29. The van der Waals surface area contributed by atoms with Crippen LogP contribution in [0.4, 0.5) is 0 Å². The van der Waals surface area contributed by atoms with Gasteiger partial charge in [-0.2, -0.15) is 8.42 Å². The number of carbonyl (C=O) groups is 3. The van der Waals surface area contributed by atoms with Gasteiger partial charge < -0.3 is 20.6 Å². The van der Waals surface area contributed by atoms with E-state index in [2.05, 4.69) is 15.5 Å². The number of thioether (sulfide) groups is 2. The molecule has 2 aromatic rings. The first kappa shape index (κ1) is 26.2. The molecule has 192 valence electrons. The number of carboxylic acids is 1. The summed E-state index contributed by atoms with van der Waals surface area (Å²) in [6, 6.07) is 6.37. The average molecular weight is 556 g/mol. The Bertz CT molecular complexity index is 1340. The zero-order valence-corrected chi connectivity index (χ0v) is 20.9. The second kappa shape index (κ2) is 10.6. The number of carboxylic acid groups (broad SMARTS) is 1. The first-order valence-electron chi connectivity index (χ1n) is 10.4. The number of amides is 2. The number of hydrogen-bond acceptors (Lipinski definition) is 11. The van der Waals surface area contributed by atoms with Crippen molar-refractivity contribution in [2.75, 3.05) is 11.5 Å². The lowest BCUT2D eigenvalue weighted by Gasteiger charge is -2.49. The highest BCUT2D eigenvalue weighted by molar-refractivity contribution is 8.01. The fraction of sp³-hybridized carbons (Fsp3) is 0.350. The first-order valence-corrected chi connectivity index (χ1v) is 14.1. The molecule has 0 radical (unpaired) electrons. The van der Waals surface area contributed by atoms with Crippen molar-refractivity contribution < 1.29 is 36.9 Å². The van der Waals surface area contributed by atoms with Crippen molar-refractivity contribution in [1.82, 2.24) is 20.4 Å². The molecule has 0 saturated carbocycles. The molecule has 13 nitrogen and oxygen atoms in total. The monoisotopic (exact) mass is 555 g/mol. The van der Waals surface area contributed by atoms with Crippen LogP contribution in [0.25, 0.3) is 0 Å². The third kappa shape index (κ3) is 5.73. The highest BCUT2D eigenvalue weighted by Gasteiger charge is 2.54. The number of aromatic nitrogens is 2. The van der Waals surface area contributed by atoms with E-state index in [-0.39, 0.29) is 47.2 Å². The van der Waals surface area contributed by atoms with Crippen molar-refractivity contribution in [1.29, 1.82) is 0 Å².